The number of aromatic nitrogens is 5. The lowest BCUT2D eigenvalue weighted by atomic mass is 9.98. The highest BCUT2D eigenvalue weighted by molar-refractivity contribution is 5.80. The van der Waals surface area contributed by atoms with Gasteiger partial charge in [-0.3, -0.25) is 0 Å². The Balaban J connectivity index is 1.77. The van der Waals surface area contributed by atoms with Gasteiger partial charge in [-0.2, -0.15) is 10.1 Å². The van der Waals surface area contributed by atoms with E-state index in [2.05, 4.69) is 29.1 Å². The van der Waals surface area contributed by atoms with Crippen LogP contribution in [0.1, 0.15) is 57.1 Å². The van der Waals surface area contributed by atoms with E-state index in [0.717, 1.165) is 48.0 Å². The molecule has 3 aromatic rings. The average molecular weight is 326 g/mol. The van der Waals surface area contributed by atoms with E-state index in [1.807, 2.05) is 23.9 Å². The van der Waals surface area contributed by atoms with Gasteiger partial charge in [0.25, 0.3) is 5.89 Å². The second-order valence-electron chi connectivity index (χ2n) is 7.00. The molecule has 0 spiro atoms. The van der Waals surface area contributed by atoms with Crippen LogP contribution in [-0.2, 0) is 5.54 Å². The summed E-state index contributed by atoms with van der Waals surface area (Å²) in [5, 5.41) is 9.52. The van der Waals surface area contributed by atoms with Crippen LogP contribution in [-0.4, -0.2) is 24.9 Å². The van der Waals surface area contributed by atoms with Crippen molar-refractivity contribution in [1.82, 2.24) is 24.9 Å². The average Bonchev–Trinajstić information content (AvgIpc) is 3.24. The minimum absolute atomic E-state index is 0.259. The largest absolute Gasteiger partial charge is 0.334 e. The molecule has 24 heavy (non-hydrogen) atoms. The first kappa shape index (κ1) is 15.3. The topological polar surface area (TPSA) is 95.7 Å². The molecule has 7 heteroatoms. The normalized spacial score (nSPS) is 17.2. The smallest absolute Gasteiger partial charge is 0.259 e. The number of hydrogen-bond donors (Lipinski definition) is 1. The van der Waals surface area contributed by atoms with Crippen LogP contribution in [0.25, 0.3) is 22.5 Å². The quantitative estimate of drug-likeness (QED) is 0.794. The number of nitrogens with two attached hydrogens (primary N) is 1. The zero-order valence-corrected chi connectivity index (χ0v) is 14.3. The van der Waals surface area contributed by atoms with E-state index in [1.165, 1.54) is 0 Å². The minimum atomic E-state index is -0.449. The molecule has 3 heterocycles. The molecule has 0 unspecified atom stereocenters. The lowest BCUT2D eigenvalue weighted by Gasteiger charge is -2.17. The van der Waals surface area contributed by atoms with Crippen LogP contribution in [0.15, 0.2) is 16.8 Å². The predicted molar refractivity (Wildman–Crippen MR) is 90.3 cm³/mol. The van der Waals surface area contributed by atoms with Gasteiger partial charge in [-0.1, -0.05) is 18.0 Å². The lowest BCUT2D eigenvalue weighted by molar-refractivity contribution is 0.372. The Morgan fingerprint density at radius 1 is 1.25 bits per heavy atom. The highest BCUT2D eigenvalue weighted by Crippen LogP contribution is 2.36. The summed E-state index contributed by atoms with van der Waals surface area (Å²) in [6, 6.07) is 2.27. The van der Waals surface area contributed by atoms with Crippen molar-refractivity contribution in [2.75, 3.05) is 0 Å². The number of hydrogen-bond acceptors (Lipinski definition) is 6. The number of pyridine rings is 1. The summed E-state index contributed by atoms with van der Waals surface area (Å²) in [6.07, 6.45) is 5.86. The van der Waals surface area contributed by atoms with Crippen LogP contribution in [0.4, 0.5) is 0 Å². The summed E-state index contributed by atoms with van der Waals surface area (Å²) in [4.78, 5) is 9.27. The van der Waals surface area contributed by atoms with Crippen LogP contribution >= 0.6 is 0 Å². The van der Waals surface area contributed by atoms with E-state index in [9.17, 15) is 0 Å². The Labute approximate surface area is 140 Å². The summed E-state index contributed by atoms with van der Waals surface area (Å²) >= 11 is 0. The molecule has 1 aliphatic rings. The predicted octanol–water partition coefficient (Wildman–Crippen LogP) is 3.10. The standard InChI is InChI=1S/C17H22N6O/c1-10(2)23-14-12(9-19-23)8-13(11(3)20-14)15-21-16(22-24-15)17(18)6-4-5-7-17/h8-10H,4-7,18H2,1-3H3. The van der Waals surface area contributed by atoms with Crippen molar-refractivity contribution in [2.45, 2.75) is 58.0 Å². The third kappa shape index (κ3) is 2.31. The fourth-order valence-electron chi connectivity index (χ4n) is 3.42. The van der Waals surface area contributed by atoms with Crippen LogP contribution in [0, 0.1) is 6.92 Å². The van der Waals surface area contributed by atoms with E-state index in [-0.39, 0.29) is 6.04 Å². The van der Waals surface area contributed by atoms with Crippen LogP contribution in [0.3, 0.4) is 0 Å². The molecule has 1 saturated carbocycles. The minimum Gasteiger partial charge on any atom is -0.334 e. The van der Waals surface area contributed by atoms with Gasteiger partial charge in [0.15, 0.2) is 11.5 Å². The molecular formula is C17H22N6O. The maximum atomic E-state index is 6.42. The molecule has 126 valence electrons. The molecule has 0 radical (unpaired) electrons. The molecule has 7 nitrogen and oxygen atoms in total. The van der Waals surface area contributed by atoms with Gasteiger partial charge >= 0.3 is 0 Å². The van der Waals surface area contributed by atoms with Crippen molar-refractivity contribution >= 4 is 11.0 Å². The van der Waals surface area contributed by atoms with E-state index in [4.69, 9.17) is 15.2 Å². The summed E-state index contributed by atoms with van der Waals surface area (Å²) in [7, 11) is 0. The second-order valence-corrected chi connectivity index (χ2v) is 7.00. The van der Waals surface area contributed by atoms with E-state index >= 15 is 0 Å². The van der Waals surface area contributed by atoms with Crippen molar-refractivity contribution in [3.63, 3.8) is 0 Å². The first-order valence-electron chi connectivity index (χ1n) is 8.46. The molecule has 3 aromatic heterocycles. The van der Waals surface area contributed by atoms with Crippen molar-refractivity contribution in [3.8, 4) is 11.5 Å². The molecular weight excluding hydrogens is 304 g/mol. The molecule has 0 bridgehead atoms. The van der Waals surface area contributed by atoms with Crippen molar-refractivity contribution in [3.05, 3.63) is 23.8 Å². The van der Waals surface area contributed by atoms with Gasteiger partial charge < -0.3 is 10.3 Å². The van der Waals surface area contributed by atoms with Crippen molar-refractivity contribution in [2.24, 2.45) is 5.73 Å². The first-order chi connectivity index (χ1) is 11.5. The Morgan fingerprint density at radius 2 is 2.00 bits per heavy atom. The third-order valence-corrected chi connectivity index (χ3v) is 4.85. The Kier molecular flexibility index (Phi) is 3.42. The highest BCUT2D eigenvalue weighted by Gasteiger charge is 2.36. The van der Waals surface area contributed by atoms with Gasteiger partial charge in [0.1, 0.15) is 0 Å². The van der Waals surface area contributed by atoms with E-state index in [1.54, 1.807) is 0 Å². The van der Waals surface area contributed by atoms with Crippen LogP contribution < -0.4 is 5.73 Å². The first-order valence-corrected chi connectivity index (χ1v) is 8.46. The number of fused-ring (bicyclic) bond motifs is 1. The number of rotatable bonds is 3. The fraction of sp³-hybridized carbons (Fsp3) is 0.529. The third-order valence-electron chi connectivity index (χ3n) is 4.85. The van der Waals surface area contributed by atoms with Gasteiger partial charge in [0.05, 0.1) is 23.0 Å². The molecule has 0 aromatic carbocycles. The summed E-state index contributed by atoms with van der Waals surface area (Å²) in [5.74, 6) is 1.08. The zero-order valence-electron chi connectivity index (χ0n) is 14.3. The summed E-state index contributed by atoms with van der Waals surface area (Å²) in [6.45, 7) is 6.12. The van der Waals surface area contributed by atoms with Crippen LogP contribution in [0.5, 0.6) is 0 Å². The lowest BCUT2D eigenvalue weighted by Crippen LogP contribution is -2.34. The van der Waals surface area contributed by atoms with Gasteiger partial charge in [-0.15, -0.1) is 0 Å². The molecule has 0 atom stereocenters. The van der Waals surface area contributed by atoms with E-state index < -0.39 is 5.54 Å². The van der Waals surface area contributed by atoms with Gasteiger partial charge in [-0.25, -0.2) is 9.67 Å². The van der Waals surface area contributed by atoms with Crippen molar-refractivity contribution in [1.29, 1.82) is 0 Å². The molecule has 1 fully saturated rings. The molecule has 0 aliphatic heterocycles. The Morgan fingerprint density at radius 3 is 2.71 bits per heavy atom. The van der Waals surface area contributed by atoms with Crippen LogP contribution in [0.2, 0.25) is 0 Å². The molecule has 4 rings (SSSR count). The molecule has 0 amide bonds. The monoisotopic (exact) mass is 326 g/mol. The molecule has 2 N–H and O–H groups in total. The maximum Gasteiger partial charge on any atom is 0.259 e. The maximum absolute atomic E-state index is 6.42. The molecule has 0 saturated heterocycles. The Hall–Kier alpha value is -2.28. The summed E-state index contributed by atoms with van der Waals surface area (Å²) < 4.78 is 7.42. The number of aryl methyl sites for hydroxylation is 1. The van der Waals surface area contributed by atoms with E-state index in [0.29, 0.717) is 11.7 Å². The number of nitrogens with zero attached hydrogens (tertiary/aromatic N) is 5. The van der Waals surface area contributed by atoms with Crippen molar-refractivity contribution < 1.29 is 4.52 Å². The van der Waals surface area contributed by atoms with Gasteiger partial charge in [0, 0.05) is 11.4 Å². The molecule has 1 aliphatic carbocycles. The fourth-order valence-corrected chi connectivity index (χ4v) is 3.42. The highest BCUT2D eigenvalue weighted by atomic mass is 16.5. The zero-order chi connectivity index (χ0) is 16.9. The second kappa shape index (κ2) is 5.37. The SMILES string of the molecule is Cc1nc2c(cnn2C(C)C)cc1-c1nc(C2(N)CCCC2)no1. The van der Waals surface area contributed by atoms with Gasteiger partial charge in [0.2, 0.25) is 0 Å². The Bertz CT molecular complexity index is 888. The van der Waals surface area contributed by atoms with Gasteiger partial charge in [-0.05, 0) is 39.7 Å². The summed E-state index contributed by atoms with van der Waals surface area (Å²) in [5.41, 5.74) is 8.53.